The molecule has 72 valence electrons. The number of carbonyl (C=O) groups is 1. The minimum atomic E-state index is -0.778. The van der Waals surface area contributed by atoms with Crippen LogP contribution in [0.3, 0.4) is 0 Å². The fraction of sp³-hybridized carbons (Fsp3) is 0.889. The Bertz CT molecular complexity index is 153. The van der Waals surface area contributed by atoms with Gasteiger partial charge in [-0.25, -0.2) is 0 Å². The van der Waals surface area contributed by atoms with Crippen LogP contribution < -0.4 is 5.32 Å². The van der Waals surface area contributed by atoms with E-state index in [9.17, 15) is 9.90 Å². The van der Waals surface area contributed by atoms with Crippen molar-refractivity contribution in [3.05, 3.63) is 0 Å². The predicted octanol–water partition coefficient (Wildman–Crippen LogP) is 0.920. The number of carbonyl (C=O) groups excluding carboxylic acids is 1. The van der Waals surface area contributed by atoms with E-state index in [4.69, 9.17) is 0 Å². The van der Waals surface area contributed by atoms with Crippen molar-refractivity contribution >= 4 is 5.91 Å². The first-order valence-electron chi connectivity index (χ1n) is 4.30. The molecule has 0 aliphatic carbocycles. The van der Waals surface area contributed by atoms with Crippen molar-refractivity contribution in [2.24, 2.45) is 5.92 Å². The molecule has 0 rings (SSSR count). The van der Waals surface area contributed by atoms with Crippen LogP contribution in [0.4, 0.5) is 0 Å². The molecule has 12 heavy (non-hydrogen) atoms. The Kier molecular flexibility index (Phi) is 4.24. The molecule has 0 aromatic heterocycles. The van der Waals surface area contributed by atoms with Gasteiger partial charge in [-0.3, -0.25) is 4.79 Å². The fourth-order valence-corrected chi connectivity index (χ4v) is 1.27. The van der Waals surface area contributed by atoms with Crippen molar-refractivity contribution < 1.29 is 9.90 Å². The molecule has 0 aliphatic rings. The third-order valence-electron chi connectivity index (χ3n) is 1.57. The van der Waals surface area contributed by atoms with Crippen molar-refractivity contribution in [1.29, 1.82) is 0 Å². The summed E-state index contributed by atoms with van der Waals surface area (Å²) in [6.45, 7) is 7.61. The second-order valence-electron chi connectivity index (χ2n) is 4.00. The van der Waals surface area contributed by atoms with Crippen LogP contribution in [0.15, 0.2) is 0 Å². The summed E-state index contributed by atoms with van der Waals surface area (Å²) in [5.41, 5.74) is -0.778. The summed E-state index contributed by atoms with van der Waals surface area (Å²) >= 11 is 0. The lowest BCUT2D eigenvalue weighted by molar-refractivity contribution is -0.120. The van der Waals surface area contributed by atoms with Gasteiger partial charge in [0, 0.05) is 13.5 Å². The molecule has 0 aliphatic heterocycles. The van der Waals surface area contributed by atoms with Crippen LogP contribution in [0.1, 0.15) is 34.1 Å². The quantitative estimate of drug-likeness (QED) is 0.664. The first-order valence-corrected chi connectivity index (χ1v) is 4.30. The molecular weight excluding hydrogens is 154 g/mol. The molecule has 3 nitrogen and oxygen atoms in total. The largest absolute Gasteiger partial charge is 0.388 e. The van der Waals surface area contributed by atoms with E-state index in [2.05, 4.69) is 5.32 Å². The Hall–Kier alpha value is -0.570. The lowest BCUT2D eigenvalue weighted by atomic mass is 9.94. The molecule has 0 spiro atoms. The van der Waals surface area contributed by atoms with Gasteiger partial charge in [0.1, 0.15) is 0 Å². The highest BCUT2D eigenvalue weighted by atomic mass is 16.3. The van der Waals surface area contributed by atoms with Crippen molar-refractivity contribution in [2.75, 3.05) is 6.54 Å². The van der Waals surface area contributed by atoms with Crippen molar-refractivity contribution in [3.63, 3.8) is 0 Å². The van der Waals surface area contributed by atoms with Gasteiger partial charge in [-0.1, -0.05) is 13.8 Å². The normalized spacial score (nSPS) is 15.8. The fourth-order valence-electron chi connectivity index (χ4n) is 1.27. The molecular formula is C9H19NO2. The zero-order chi connectivity index (χ0) is 9.78. The smallest absolute Gasteiger partial charge is 0.216 e. The molecule has 0 fully saturated rings. The minimum absolute atomic E-state index is 0.0981. The third kappa shape index (κ3) is 6.16. The van der Waals surface area contributed by atoms with Crippen LogP contribution in [0.2, 0.25) is 0 Å². The van der Waals surface area contributed by atoms with Crippen molar-refractivity contribution in [2.45, 2.75) is 39.7 Å². The van der Waals surface area contributed by atoms with E-state index in [1.165, 1.54) is 6.92 Å². The SMILES string of the molecule is CC(=O)NCC(C)(O)CC(C)C. The Morgan fingerprint density at radius 1 is 1.58 bits per heavy atom. The summed E-state index contributed by atoms with van der Waals surface area (Å²) < 4.78 is 0. The van der Waals surface area contributed by atoms with Gasteiger partial charge in [0.25, 0.3) is 0 Å². The van der Waals surface area contributed by atoms with E-state index in [1.54, 1.807) is 6.92 Å². The maximum atomic E-state index is 10.6. The Morgan fingerprint density at radius 2 is 2.08 bits per heavy atom. The Labute approximate surface area is 74.2 Å². The topological polar surface area (TPSA) is 49.3 Å². The highest BCUT2D eigenvalue weighted by molar-refractivity contribution is 5.72. The molecule has 3 heteroatoms. The number of hydrogen-bond donors (Lipinski definition) is 2. The molecule has 1 unspecified atom stereocenters. The second-order valence-corrected chi connectivity index (χ2v) is 4.00. The van der Waals surface area contributed by atoms with E-state index in [0.717, 1.165) is 0 Å². The summed E-state index contributed by atoms with van der Waals surface area (Å²) in [5, 5.41) is 12.3. The first-order chi connectivity index (χ1) is 5.33. The first kappa shape index (κ1) is 11.4. The van der Waals surface area contributed by atoms with Gasteiger partial charge >= 0.3 is 0 Å². The average molecular weight is 173 g/mol. The van der Waals surface area contributed by atoms with Gasteiger partial charge in [0.15, 0.2) is 0 Å². The number of rotatable bonds is 4. The highest BCUT2D eigenvalue weighted by Crippen LogP contribution is 2.14. The van der Waals surface area contributed by atoms with E-state index < -0.39 is 5.60 Å². The van der Waals surface area contributed by atoms with Crippen LogP contribution >= 0.6 is 0 Å². The standard InChI is InChI=1S/C9H19NO2/c1-7(2)5-9(4,12)6-10-8(3)11/h7,12H,5-6H2,1-4H3,(H,10,11). The molecule has 0 saturated carbocycles. The third-order valence-corrected chi connectivity index (χ3v) is 1.57. The summed E-state index contributed by atoms with van der Waals surface area (Å²) in [7, 11) is 0. The summed E-state index contributed by atoms with van der Waals surface area (Å²) in [5.74, 6) is 0.341. The van der Waals surface area contributed by atoms with Crippen molar-refractivity contribution in [1.82, 2.24) is 5.32 Å². The van der Waals surface area contributed by atoms with Crippen LogP contribution in [0.5, 0.6) is 0 Å². The zero-order valence-corrected chi connectivity index (χ0v) is 8.35. The molecule has 0 radical (unpaired) electrons. The van der Waals surface area contributed by atoms with Crippen LogP contribution in [0.25, 0.3) is 0 Å². The van der Waals surface area contributed by atoms with Gasteiger partial charge in [0.05, 0.1) is 5.60 Å². The van der Waals surface area contributed by atoms with Gasteiger partial charge < -0.3 is 10.4 Å². The van der Waals surface area contributed by atoms with Gasteiger partial charge in [-0.15, -0.1) is 0 Å². The summed E-state index contributed by atoms with van der Waals surface area (Å²) in [6.07, 6.45) is 0.702. The number of nitrogens with one attached hydrogen (secondary N) is 1. The van der Waals surface area contributed by atoms with E-state index in [0.29, 0.717) is 18.9 Å². The summed E-state index contributed by atoms with van der Waals surface area (Å²) in [6, 6.07) is 0. The molecule has 1 atom stereocenters. The van der Waals surface area contributed by atoms with E-state index in [-0.39, 0.29) is 5.91 Å². The predicted molar refractivity (Wildman–Crippen MR) is 48.8 cm³/mol. The molecule has 0 heterocycles. The number of amides is 1. The van der Waals surface area contributed by atoms with E-state index in [1.807, 2.05) is 13.8 Å². The van der Waals surface area contributed by atoms with Gasteiger partial charge in [0.2, 0.25) is 5.91 Å². The maximum Gasteiger partial charge on any atom is 0.216 e. The lowest BCUT2D eigenvalue weighted by Gasteiger charge is -2.25. The molecule has 0 aromatic carbocycles. The second kappa shape index (κ2) is 4.45. The lowest BCUT2D eigenvalue weighted by Crippen LogP contribution is -2.40. The molecule has 0 saturated heterocycles. The molecule has 1 amide bonds. The molecule has 2 N–H and O–H groups in total. The maximum absolute atomic E-state index is 10.6. The minimum Gasteiger partial charge on any atom is -0.388 e. The average Bonchev–Trinajstić information content (AvgIpc) is 1.81. The Morgan fingerprint density at radius 3 is 2.42 bits per heavy atom. The van der Waals surface area contributed by atoms with Crippen molar-refractivity contribution in [3.8, 4) is 0 Å². The number of aliphatic hydroxyl groups is 1. The van der Waals surface area contributed by atoms with Crippen LogP contribution in [-0.4, -0.2) is 23.2 Å². The molecule has 0 aromatic rings. The Balaban J connectivity index is 3.78. The monoisotopic (exact) mass is 173 g/mol. The highest BCUT2D eigenvalue weighted by Gasteiger charge is 2.21. The van der Waals surface area contributed by atoms with E-state index >= 15 is 0 Å². The zero-order valence-electron chi connectivity index (χ0n) is 8.35. The van der Waals surface area contributed by atoms with Crippen LogP contribution in [0, 0.1) is 5.92 Å². The summed E-state index contributed by atoms with van der Waals surface area (Å²) in [4.78, 5) is 10.6. The van der Waals surface area contributed by atoms with Crippen LogP contribution in [-0.2, 0) is 4.79 Å². The van der Waals surface area contributed by atoms with Gasteiger partial charge in [-0.2, -0.15) is 0 Å². The van der Waals surface area contributed by atoms with Gasteiger partial charge in [-0.05, 0) is 19.3 Å². The number of hydrogen-bond acceptors (Lipinski definition) is 2. The molecule has 0 bridgehead atoms.